The lowest BCUT2D eigenvalue weighted by molar-refractivity contribution is -0.428. The summed E-state index contributed by atoms with van der Waals surface area (Å²) in [5.74, 6) is 0.0418. The van der Waals surface area contributed by atoms with Gasteiger partial charge in [0.1, 0.15) is 0 Å². The van der Waals surface area contributed by atoms with Crippen molar-refractivity contribution in [1.82, 2.24) is 5.32 Å². The van der Waals surface area contributed by atoms with Crippen LogP contribution >= 0.6 is 0 Å². The van der Waals surface area contributed by atoms with Crippen molar-refractivity contribution in [1.29, 1.82) is 0 Å². The predicted octanol–water partition coefficient (Wildman–Crippen LogP) is 2.02. The summed E-state index contributed by atoms with van der Waals surface area (Å²) in [4.78, 5) is 10.3. The number of rotatable bonds is 8. The molecule has 1 N–H and O–H groups in total. The van der Waals surface area contributed by atoms with Gasteiger partial charge in [0.25, 0.3) is 0 Å². The maximum absolute atomic E-state index is 12.1. The Morgan fingerprint density at radius 1 is 1.40 bits per heavy atom. The van der Waals surface area contributed by atoms with Crippen LogP contribution < -0.4 is 5.32 Å². The summed E-state index contributed by atoms with van der Waals surface area (Å²) in [5, 5.41) is 13.9. The SMILES string of the molecule is CC(C)NCCCCS(=O)(=O)C1=CCCC([N+](=O)[O-])=C1. The maximum Gasteiger partial charge on any atom is 0.247 e. The van der Waals surface area contributed by atoms with Gasteiger partial charge in [-0.15, -0.1) is 0 Å². The van der Waals surface area contributed by atoms with Crippen molar-refractivity contribution < 1.29 is 13.3 Å². The lowest BCUT2D eigenvalue weighted by atomic mass is 10.1. The third kappa shape index (κ3) is 5.42. The van der Waals surface area contributed by atoms with Crippen molar-refractivity contribution >= 4 is 9.84 Å². The largest absolute Gasteiger partial charge is 0.315 e. The Morgan fingerprint density at radius 3 is 2.70 bits per heavy atom. The van der Waals surface area contributed by atoms with Crippen LogP contribution in [0.15, 0.2) is 22.8 Å². The quantitative estimate of drug-likeness (QED) is 0.421. The van der Waals surface area contributed by atoms with E-state index < -0.39 is 14.8 Å². The summed E-state index contributed by atoms with van der Waals surface area (Å²) in [5.41, 5.74) is -0.0208. The third-order valence-electron chi connectivity index (χ3n) is 3.04. The van der Waals surface area contributed by atoms with Gasteiger partial charge in [0.05, 0.1) is 15.6 Å². The zero-order valence-corrected chi connectivity index (χ0v) is 12.8. The van der Waals surface area contributed by atoms with Crippen LogP contribution in [0, 0.1) is 10.1 Å². The smallest absolute Gasteiger partial charge is 0.247 e. The molecule has 7 heteroatoms. The van der Waals surface area contributed by atoms with Crippen LogP contribution in [0.3, 0.4) is 0 Å². The molecule has 0 bridgehead atoms. The summed E-state index contributed by atoms with van der Waals surface area (Å²) >= 11 is 0. The molecule has 0 aliphatic heterocycles. The number of unbranched alkanes of at least 4 members (excludes halogenated alkanes) is 1. The second-order valence-electron chi connectivity index (χ2n) is 5.17. The first-order chi connectivity index (χ1) is 9.33. The van der Waals surface area contributed by atoms with Gasteiger partial charge in [-0.25, -0.2) is 8.42 Å². The number of nitro groups is 1. The molecule has 0 amide bonds. The van der Waals surface area contributed by atoms with Crippen LogP contribution in [0.1, 0.15) is 39.5 Å². The zero-order chi connectivity index (χ0) is 15.2. The first kappa shape index (κ1) is 16.8. The number of allylic oxidation sites excluding steroid dienone is 3. The van der Waals surface area contributed by atoms with Crippen LogP contribution in [-0.4, -0.2) is 31.7 Å². The standard InChI is InChI=1S/C13H22N2O4S/c1-11(2)14-8-3-4-9-20(18,19)13-7-5-6-12(10-13)15(16)17/h7,10-11,14H,3-6,8-9H2,1-2H3. The molecular formula is C13H22N2O4S. The second-order valence-corrected chi connectivity index (χ2v) is 7.28. The van der Waals surface area contributed by atoms with Crippen molar-refractivity contribution in [2.45, 2.75) is 45.6 Å². The normalized spacial score (nSPS) is 15.9. The summed E-state index contributed by atoms with van der Waals surface area (Å²) < 4.78 is 24.2. The fourth-order valence-corrected chi connectivity index (χ4v) is 3.45. The molecule has 0 aromatic rings. The van der Waals surface area contributed by atoms with Crippen LogP contribution in [0.4, 0.5) is 0 Å². The van der Waals surface area contributed by atoms with Gasteiger partial charge in [-0.05, 0) is 25.8 Å². The number of sulfone groups is 1. The Bertz CT molecular complexity index is 506. The van der Waals surface area contributed by atoms with Gasteiger partial charge in [-0.3, -0.25) is 10.1 Å². The van der Waals surface area contributed by atoms with E-state index in [1.165, 1.54) is 6.08 Å². The Morgan fingerprint density at radius 2 is 2.10 bits per heavy atom. The highest BCUT2D eigenvalue weighted by atomic mass is 32.2. The molecule has 0 radical (unpaired) electrons. The Hall–Kier alpha value is -1.21. The van der Waals surface area contributed by atoms with Crippen molar-refractivity contribution in [2.24, 2.45) is 0 Å². The highest BCUT2D eigenvalue weighted by Gasteiger charge is 2.23. The molecule has 1 aliphatic carbocycles. The number of hydrogen-bond donors (Lipinski definition) is 1. The topological polar surface area (TPSA) is 89.3 Å². The zero-order valence-electron chi connectivity index (χ0n) is 12.0. The molecule has 0 aromatic carbocycles. The highest BCUT2D eigenvalue weighted by Crippen LogP contribution is 2.22. The molecule has 0 saturated heterocycles. The van der Waals surface area contributed by atoms with E-state index in [9.17, 15) is 18.5 Å². The van der Waals surface area contributed by atoms with Gasteiger partial charge in [0.15, 0.2) is 9.84 Å². The highest BCUT2D eigenvalue weighted by molar-refractivity contribution is 7.95. The molecule has 0 fully saturated rings. The number of nitrogens with one attached hydrogen (secondary N) is 1. The van der Waals surface area contributed by atoms with E-state index in [1.807, 2.05) is 13.8 Å². The third-order valence-corrected chi connectivity index (χ3v) is 4.87. The van der Waals surface area contributed by atoms with Crippen LogP contribution in [0.5, 0.6) is 0 Å². The average Bonchev–Trinajstić information content (AvgIpc) is 2.38. The van der Waals surface area contributed by atoms with E-state index in [0.717, 1.165) is 13.0 Å². The lowest BCUT2D eigenvalue weighted by Crippen LogP contribution is -2.24. The van der Waals surface area contributed by atoms with Gasteiger partial charge in [0.2, 0.25) is 5.70 Å². The Balaban J connectivity index is 2.53. The van der Waals surface area contributed by atoms with E-state index in [0.29, 0.717) is 25.3 Å². The van der Waals surface area contributed by atoms with E-state index in [-0.39, 0.29) is 16.4 Å². The number of nitrogens with zero attached hydrogens (tertiary/aromatic N) is 1. The summed E-state index contributed by atoms with van der Waals surface area (Å²) in [6, 6.07) is 0.387. The van der Waals surface area contributed by atoms with Gasteiger partial charge in [0, 0.05) is 18.5 Å². The molecular weight excluding hydrogens is 280 g/mol. The second kappa shape index (κ2) is 7.54. The number of hydrogen-bond acceptors (Lipinski definition) is 5. The van der Waals surface area contributed by atoms with E-state index >= 15 is 0 Å². The maximum atomic E-state index is 12.1. The molecule has 0 aromatic heterocycles. The molecule has 0 saturated carbocycles. The van der Waals surface area contributed by atoms with E-state index in [2.05, 4.69) is 5.32 Å². The minimum Gasteiger partial charge on any atom is -0.315 e. The first-order valence-electron chi connectivity index (χ1n) is 6.84. The minimum atomic E-state index is -3.40. The van der Waals surface area contributed by atoms with Crippen LogP contribution in [-0.2, 0) is 9.84 Å². The molecule has 6 nitrogen and oxygen atoms in total. The Labute approximate surface area is 120 Å². The van der Waals surface area contributed by atoms with Gasteiger partial charge < -0.3 is 5.32 Å². The van der Waals surface area contributed by atoms with E-state index in [4.69, 9.17) is 0 Å². The summed E-state index contributed by atoms with van der Waals surface area (Å²) in [6.45, 7) is 4.85. The molecule has 0 spiro atoms. The minimum absolute atomic E-state index is 0.0208. The van der Waals surface area contributed by atoms with Crippen LogP contribution in [0.25, 0.3) is 0 Å². The average molecular weight is 302 g/mol. The molecule has 0 atom stereocenters. The Kier molecular flexibility index (Phi) is 6.35. The summed E-state index contributed by atoms with van der Waals surface area (Å²) in [6.07, 6.45) is 4.82. The van der Waals surface area contributed by atoms with Crippen molar-refractivity contribution in [3.05, 3.63) is 32.9 Å². The molecule has 1 rings (SSSR count). The van der Waals surface area contributed by atoms with Gasteiger partial charge in [-0.1, -0.05) is 19.9 Å². The fourth-order valence-electron chi connectivity index (χ4n) is 1.94. The monoisotopic (exact) mass is 302 g/mol. The van der Waals surface area contributed by atoms with E-state index in [1.54, 1.807) is 6.08 Å². The van der Waals surface area contributed by atoms with Crippen molar-refractivity contribution in [2.75, 3.05) is 12.3 Å². The van der Waals surface area contributed by atoms with Crippen molar-refractivity contribution in [3.63, 3.8) is 0 Å². The molecule has 0 heterocycles. The molecule has 0 unspecified atom stereocenters. The molecule has 1 aliphatic rings. The predicted molar refractivity (Wildman–Crippen MR) is 78.6 cm³/mol. The lowest BCUT2D eigenvalue weighted by Gasteiger charge is -2.10. The van der Waals surface area contributed by atoms with Crippen LogP contribution in [0.2, 0.25) is 0 Å². The summed E-state index contributed by atoms with van der Waals surface area (Å²) in [7, 11) is -3.40. The van der Waals surface area contributed by atoms with Gasteiger partial charge >= 0.3 is 0 Å². The van der Waals surface area contributed by atoms with Gasteiger partial charge in [-0.2, -0.15) is 0 Å². The van der Waals surface area contributed by atoms with Crippen molar-refractivity contribution in [3.8, 4) is 0 Å². The molecule has 20 heavy (non-hydrogen) atoms. The molecule has 114 valence electrons. The first-order valence-corrected chi connectivity index (χ1v) is 8.49. The fraction of sp³-hybridized carbons (Fsp3) is 0.692.